The highest BCUT2D eigenvalue weighted by molar-refractivity contribution is 5.94. The average Bonchev–Trinajstić information content (AvgIpc) is 2.99. The van der Waals surface area contributed by atoms with Crippen molar-refractivity contribution in [2.45, 2.75) is 31.5 Å². The summed E-state index contributed by atoms with van der Waals surface area (Å²) < 4.78 is 11.9. The molecule has 2 N–H and O–H groups in total. The maximum absolute atomic E-state index is 11.8. The quantitative estimate of drug-likeness (QED) is 0.450. The molecular formula is C29H34ClN7O4. The Bertz CT molecular complexity index is 1420. The van der Waals surface area contributed by atoms with Crippen LogP contribution in [0.3, 0.4) is 0 Å². The monoisotopic (exact) mass is 579 g/mol. The Hall–Kier alpha value is -3.85. The van der Waals surface area contributed by atoms with Gasteiger partial charge in [0.15, 0.2) is 0 Å². The molecule has 0 saturated carbocycles. The van der Waals surface area contributed by atoms with E-state index >= 15 is 0 Å². The van der Waals surface area contributed by atoms with Crippen molar-refractivity contribution in [1.82, 2.24) is 20.2 Å². The van der Waals surface area contributed by atoms with E-state index in [0.717, 1.165) is 42.3 Å². The van der Waals surface area contributed by atoms with Crippen LogP contribution in [0.4, 0.5) is 16.3 Å². The number of rotatable bonds is 6. The van der Waals surface area contributed by atoms with Gasteiger partial charge in [-0.15, -0.1) is 12.4 Å². The lowest BCUT2D eigenvalue weighted by Gasteiger charge is -2.41. The fourth-order valence-electron chi connectivity index (χ4n) is 5.88. The third-order valence-corrected chi connectivity index (χ3v) is 7.89. The number of aromatic nitrogens is 2. The van der Waals surface area contributed by atoms with Crippen LogP contribution in [0.15, 0.2) is 42.5 Å². The molecule has 2 fully saturated rings. The lowest BCUT2D eigenvalue weighted by molar-refractivity contribution is -0.00183. The van der Waals surface area contributed by atoms with Gasteiger partial charge in [0.05, 0.1) is 37.4 Å². The Balaban J connectivity index is 0.00000337. The second kappa shape index (κ2) is 12.8. The summed E-state index contributed by atoms with van der Waals surface area (Å²) in [6.45, 7) is 5.10. The Morgan fingerprint density at radius 1 is 1.15 bits per heavy atom. The number of hydrogen-bond donors (Lipinski definition) is 2. The molecule has 1 aromatic heterocycles. The van der Waals surface area contributed by atoms with Crippen molar-refractivity contribution in [3.63, 3.8) is 0 Å². The summed E-state index contributed by atoms with van der Waals surface area (Å²) in [5.41, 5.74) is 3.12. The molecule has 0 radical (unpaired) electrons. The summed E-state index contributed by atoms with van der Waals surface area (Å²) in [7, 11) is 0. The van der Waals surface area contributed by atoms with Crippen molar-refractivity contribution >= 4 is 40.8 Å². The molecule has 0 bridgehead atoms. The number of carboxylic acid groups (broad SMARTS) is 1. The molecule has 41 heavy (non-hydrogen) atoms. The van der Waals surface area contributed by atoms with Gasteiger partial charge >= 0.3 is 12.1 Å². The molecule has 2 aromatic carbocycles. The van der Waals surface area contributed by atoms with E-state index in [1.54, 1.807) is 0 Å². The highest BCUT2D eigenvalue weighted by Gasteiger charge is 2.34. The summed E-state index contributed by atoms with van der Waals surface area (Å²) in [5.74, 6) is 0.772. The second-order valence-corrected chi connectivity index (χ2v) is 10.4. The van der Waals surface area contributed by atoms with Crippen molar-refractivity contribution in [3.05, 3.63) is 53.7 Å². The van der Waals surface area contributed by atoms with E-state index in [9.17, 15) is 15.2 Å². The van der Waals surface area contributed by atoms with Gasteiger partial charge in [-0.3, -0.25) is 0 Å². The van der Waals surface area contributed by atoms with Gasteiger partial charge in [0.25, 0.3) is 0 Å². The van der Waals surface area contributed by atoms with Gasteiger partial charge < -0.3 is 34.6 Å². The summed E-state index contributed by atoms with van der Waals surface area (Å²) >= 11 is 0. The summed E-state index contributed by atoms with van der Waals surface area (Å²) in [6, 6.07) is 16.8. The summed E-state index contributed by atoms with van der Waals surface area (Å²) in [4.78, 5) is 27.3. The molecule has 6 rings (SSSR count). The molecule has 216 valence electrons. The van der Waals surface area contributed by atoms with Crippen LogP contribution in [0.5, 0.6) is 6.01 Å². The molecular weight excluding hydrogens is 546 g/mol. The second-order valence-electron chi connectivity index (χ2n) is 10.4. The number of halogens is 1. The molecule has 1 unspecified atom stereocenters. The van der Waals surface area contributed by atoms with Gasteiger partial charge in [-0.1, -0.05) is 36.4 Å². The zero-order valence-corrected chi connectivity index (χ0v) is 23.6. The highest BCUT2D eigenvalue weighted by Crippen LogP contribution is 2.34. The van der Waals surface area contributed by atoms with Crippen LogP contribution in [0.1, 0.15) is 17.7 Å². The van der Waals surface area contributed by atoms with E-state index in [0.29, 0.717) is 51.9 Å². The lowest BCUT2D eigenvalue weighted by Crippen LogP contribution is -2.55. The maximum Gasteiger partial charge on any atom is 0.407 e. The van der Waals surface area contributed by atoms with Crippen molar-refractivity contribution in [2.24, 2.45) is 0 Å². The van der Waals surface area contributed by atoms with E-state index in [2.05, 4.69) is 63.7 Å². The fraction of sp³-hybridized carbons (Fsp3) is 0.448. The van der Waals surface area contributed by atoms with Crippen molar-refractivity contribution in [2.75, 3.05) is 62.3 Å². The number of nitrogens with zero attached hydrogens (tertiary/aromatic N) is 6. The normalized spacial score (nSPS) is 20.6. The number of benzene rings is 2. The first kappa shape index (κ1) is 28.7. The van der Waals surface area contributed by atoms with Crippen molar-refractivity contribution < 1.29 is 19.4 Å². The minimum absolute atomic E-state index is 0. The van der Waals surface area contributed by atoms with E-state index in [1.165, 1.54) is 15.7 Å². The Labute approximate surface area is 245 Å². The number of fused-ring (bicyclic) bond motifs is 2. The first-order valence-electron chi connectivity index (χ1n) is 13.8. The Kier molecular flexibility index (Phi) is 8.93. The molecule has 3 aliphatic heterocycles. The van der Waals surface area contributed by atoms with Crippen LogP contribution in [0, 0.1) is 11.3 Å². The molecule has 11 nitrogen and oxygen atoms in total. The van der Waals surface area contributed by atoms with Crippen molar-refractivity contribution in [3.8, 4) is 12.1 Å². The molecule has 4 heterocycles. The third-order valence-electron chi connectivity index (χ3n) is 7.89. The van der Waals surface area contributed by atoms with Crippen LogP contribution in [-0.4, -0.2) is 90.7 Å². The van der Waals surface area contributed by atoms with Gasteiger partial charge in [-0.2, -0.15) is 15.2 Å². The SMILES string of the molecule is Cl.N#CCC1CN(c2nc(OC[C@@H]3CNCCO3)nc3c2CCN(c2cccc4ccccc24)C3)CCN1C(=O)O. The predicted octanol–water partition coefficient (Wildman–Crippen LogP) is 3.06. The molecule has 2 atom stereocenters. The zero-order valence-electron chi connectivity index (χ0n) is 22.7. The lowest BCUT2D eigenvalue weighted by atomic mass is 10.0. The van der Waals surface area contributed by atoms with Gasteiger partial charge in [-0.05, 0) is 17.9 Å². The van der Waals surface area contributed by atoms with Crippen LogP contribution < -0.4 is 19.9 Å². The first-order valence-corrected chi connectivity index (χ1v) is 13.8. The molecule has 2 saturated heterocycles. The van der Waals surface area contributed by atoms with E-state index in [4.69, 9.17) is 19.4 Å². The summed E-state index contributed by atoms with van der Waals surface area (Å²) in [6.07, 6.45) is -0.213. The number of amides is 1. The van der Waals surface area contributed by atoms with E-state index < -0.39 is 12.1 Å². The number of piperazine rings is 1. The summed E-state index contributed by atoms with van der Waals surface area (Å²) in [5, 5.41) is 24.7. The average molecular weight is 580 g/mol. The van der Waals surface area contributed by atoms with Gasteiger partial charge in [0.2, 0.25) is 0 Å². The number of hydrogen-bond acceptors (Lipinski definition) is 9. The first-order chi connectivity index (χ1) is 19.6. The molecule has 3 aromatic rings. The minimum Gasteiger partial charge on any atom is -0.465 e. The minimum atomic E-state index is -1.000. The van der Waals surface area contributed by atoms with Crippen LogP contribution >= 0.6 is 12.4 Å². The number of anilines is 2. The largest absolute Gasteiger partial charge is 0.465 e. The highest BCUT2D eigenvalue weighted by atomic mass is 35.5. The predicted molar refractivity (Wildman–Crippen MR) is 157 cm³/mol. The molecule has 0 aliphatic carbocycles. The fourth-order valence-corrected chi connectivity index (χ4v) is 5.88. The van der Waals surface area contributed by atoms with Crippen LogP contribution in [0.2, 0.25) is 0 Å². The molecule has 3 aliphatic rings. The van der Waals surface area contributed by atoms with Crippen LogP contribution in [-0.2, 0) is 17.7 Å². The number of nitrogens with one attached hydrogen (secondary N) is 1. The van der Waals surface area contributed by atoms with Crippen molar-refractivity contribution in [1.29, 1.82) is 5.26 Å². The molecule has 0 spiro atoms. The van der Waals surface area contributed by atoms with Gasteiger partial charge in [-0.25, -0.2) is 4.79 Å². The number of morpholine rings is 1. The Morgan fingerprint density at radius 2 is 2.00 bits per heavy atom. The van der Waals surface area contributed by atoms with Gasteiger partial charge in [0, 0.05) is 55.9 Å². The van der Waals surface area contributed by atoms with Gasteiger partial charge in [0.1, 0.15) is 18.5 Å². The number of carbonyl (C=O) groups is 1. The maximum atomic E-state index is 11.8. The Morgan fingerprint density at radius 3 is 2.80 bits per heavy atom. The number of nitriles is 1. The zero-order chi connectivity index (χ0) is 27.5. The van der Waals surface area contributed by atoms with E-state index in [-0.39, 0.29) is 24.9 Å². The molecule has 12 heteroatoms. The standard InChI is InChI=1S/C29H33N7O4.ClH/c30-10-8-21-17-35(13-14-36(21)29(37)38)27-24-9-12-34(26-7-3-5-20-4-1-2-6-23(20)26)18-25(24)32-28(33-27)40-19-22-16-31-11-15-39-22;/h1-7,21-22,31H,8-9,11-19H2,(H,37,38);1H/t21?,22-;/m0./s1. The van der Waals surface area contributed by atoms with Crippen LogP contribution in [0.25, 0.3) is 10.8 Å². The number of ether oxygens (including phenoxy) is 2. The molecule has 1 amide bonds. The third kappa shape index (κ3) is 6.10. The smallest absolute Gasteiger partial charge is 0.407 e. The topological polar surface area (TPSA) is 127 Å². The van der Waals surface area contributed by atoms with E-state index in [1.807, 2.05) is 0 Å².